The van der Waals surface area contributed by atoms with Crippen LogP contribution in [-0.4, -0.2) is 59.2 Å². The normalized spacial score (nSPS) is 15.4. The van der Waals surface area contributed by atoms with E-state index in [1.165, 1.54) is 12.1 Å². The van der Waals surface area contributed by atoms with Crippen molar-refractivity contribution in [1.82, 2.24) is 35.0 Å². The Bertz CT molecular complexity index is 1880. The van der Waals surface area contributed by atoms with Crippen LogP contribution < -0.4 is 0 Å². The number of imidazole rings is 1. The Morgan fingerprint density at radius 1 is 0.950 bits per heavy atom. The zero-order chi connectivity index (χ0) is 27.4. The van der Waals surface area contributed by atoms with Crippen molar-refractivity contribution in [3.8, 4) is 39.7 Å². The first kappa shape index (κ1) is 24.3. The van der Waals surface area contributed by atoms with Crippen LogP contribution in [0.1, 0.15) is 12.0 Å². The lowest BCUT2D eigenvalue weighted by Crippen LogP contribution is -2.24. The Hall–Kier alpha value is -4.77. The van der Waals surface area contributed by atoms with Crippen molar-refractivity contribution < 1.29 is 18.3 Å². The largest absolute Gasteiger partial charge is 0.508 e. The summed E-state index contributed by atoms with van der Waals surface area (Å²) in [4.78, 5) is 18.9. The number of H-pyrrole nitrogens is 2. The number of pyridine rings is 2. The first-order valence-corrected chi connectivity index (χ1v) is 12.7. The van der Waals surface area contributed by atoms with Gasteiger partial charge in [-0.05, 0) is 47.5 Å². The third-order valence-corrected chi connectivity index (χ3v) is 7.08. The summed E-state index contributed by atoms with van der Waals surface area (Å²) in [6.45, 7) is 0.485. The van der Waals surface area contributed by atoms with Gasteiger partial charge in [0.15, 0.2) is 11.5 Å². The van der Waals surface area contributed by atoms with Gasteiger partial charge in [0.2, 0.25) is 0 Å². The van der Waals surface area contributed by atoms with Crippen LogP contribution in [-0.2, 0) is 6.54 Å². The highest BCUT2D eigenvalue weighted by Gasteiger charge is 2.37. The van der Waals surface area contributed by atoms with Gasteiger partial charge in [-0.15, -0.1) is 0 Å². The van der Waals surface area contributed by atoms with Gasteiger partial charge in [0, 0.05) is 49.1 Å². The number of hydrogen-bond acceptors (Lipinski definition) is 6. The number of halogens is 3. The topological polar surface area (TPSA) is 107 Å². The minimum Gasteiger partial charge on any atom is -0.508 e. The third-order valence-electron chi connectivity index (χ3n) is 7.08. The molecule has 0 aliphatic carbocycles. The van der Waals surface area contributed by atoms with Gasteiger partial charge in [-0.2, -0.15) is 5.10 Å². The van der Waals surface area contributed by atoms with Crippen LogP contribution in [0, 0.1) is 5.82 Å². The molecule has 200 valence electrons. The number of likely N-dealkylation sites (tertiary alicyclic amines) is 1. The number of phenols is 1. The summed E-state index contributed by atoms with van der Waals surface area (Å²) >= 11 is 0. The van der Waals surface area contributed by atoms with Gasteiger partial charge in [0.25, 0.3) is 5.92 Å². The van der Waals surface area contributed by atoms with Crippen molar-refractivity contribution in [2.75, 3.05) is 13.1 Å². The van der Waals surface area contributed by atoms with Crippen molar-refractivity contribution in [3.05, 3.63) is 78.4 Å². The minimum absolute atomic E-state index is 0.129. The molecule has 40 heavy (non-hydrogen) atoms. The standard InChI is InChI=1S/C29H22F3N7O/c30-19-9-17(10-20(40)11-19)21-2-1-3-23-25(21)36-28(35-23)27-26-24(37-38-27)5-4-22(34-26)18-8-16(12-33-13-18)14-39-7-6-29(31,32)15-39/h1-5,8-13,40H,6-7,14-15H2,(H,35,36)(H,37,38). The number of hydrogen-bond donors (Lipinski definition) is 3. The number of fused-ring (bicyclic) bond motifs is 2. The second-order valence-corrected chi connectivity index (χ2v) is 10.0. The molecule has 11 heteroatoms. The fraction of sp³-hybridized carbons (Fsp3) is 0.172. The van der Waals surface area contributed by atoms with Crippen LogP contribution in [0.5, 0.6) is 5.75 Å². The lowest BCUT2D eigenvalue weighted by atomic mass is 10.0. The van der Waals surface area contributed by atoms with Gasteiger partial charge in [-0.1, -0.05) is 12.1 Å². The monoisotopic (exact) mass is 541 g/mol. The van der Waals surface area contributed by atoms with E-state index in [2.05, 4.69) is 20.2 Å². The summed E-state index contributed by atoms with van der Waals surface area (Å²) in [6, 6.07) is 15.0. The summed E-state index contributed by atoms with van der Waals surface area (Å²) in [5, 5.41) is 17.3. The predicted molar refractivity (Wildman–Crippen MR) is 144 cm³/mol. The Morgan fingerprint density at radius 3 is 2.67 bits per heavy atom. The quantitative estimate of drug-likeness (QED) is 0.250. The molecule has 5 heterocycles. The van der Waals surface area contributed by atoms with E-state index in [0.29, 0.717) is 63.5 Å². The van der Waals surface area contributed by atoms with Crippen LogP contribution in [0.25, 0.3) is 56.0 Å². The number of nitrogens with one attached hydrogen (secondary N) is 2. The van der Waals surface area contributed by atoms with Gasteiger partial charge >= 0.3 is 0 Å². The molecule has 0 atom stereocenters. The number of aromatic nitrogens is 6. The molecule has 0 bridgehead atoms. The molecule has 0 saturated carbocycles. The fourth-order valence-corrected chi connectivity index (χ4v) is 5.25. The Morgan fingerprint density at radius 2 is 1.85 bits per heavy atom. The van der Waals surface area contributed by atoms with E-state index < -0.39 is 11.7 Å². The maximum absolute atomic E-state index is 14.0. The van der Waals surface area contributed by atoms with Gasteiger partial charge < -0.3 is 10.1 Å². The summed E-state index contributed by atoms with van der Waals surface area (Å²) in [5.74, 6) is -2.89. The summed E-state index contributed by atoms with van der Waals surface area (Å²) < 4.78 is 41.3. The number of alkyl halides is 2. The van der Waals surface area contributed by atoms with E-state index in [9.17, 15) is 18.3 Å². The summed E-state index contributed by atoms with van der Waals surface area (Å²) in [6.07, 6.45) is 3.25. The molecular formula is C29H22F3N7O. The van der Waals surface area contributed by atoms with Gasteiger partial charge in [-0.3, -0.25) is 15.0 Å². The van der Waals surface area contributed by atoms with E-state index in [-0.39, 0.29) is 18.7 Å². The molecule has 1 fully saturated rings. The minimum atomic E-state index is -2.65. The second kappa shape index (κ2) is 9.16. The van der Waals surface area contributed by atoms with Gasteiger partial charge in [0.1, 0.15) is 17.1 Å². The zero-order valence-corrected chi connectivity index (χ0v) is 21.0. The summed E-state index contributed by atoms with van der Waals surface area (Å²) in [7, 11) is 0. The average molecular weight is 542 g/mol. The molecule has 0 unspecified atom stereocenters. The lowest BCUT2D eigenvalue weighted by molar-refractivity contribution is 0.0115. The molecule has 6 aromatic rings. The molecule has 2 aromatic carbocycles. The number of aromatic amines is 2. The van der Waals surface area contributed by atoms with Crippen molar-refractivity contribution in [1.29, 1.82) is 0 Å². The van der Waals surface area contributed by atoms with Crippen LogP contribution in [0.15, 0.2) is 67.0 Å². The van der Waals surface area contributed by atoms with Crippen molar-refractivity contribution in [2.24, 2.45) is 0 Å². The van der Waals surface area contributed by atoms with Crippen molar-refractivity contribution in [3.63, 3.8) is 0 Å². The zero-order valence-electron chi connectivity index (χ0n) is 21.0. The van der Waals surface area contributed by atoms with Crippen LogP contribution in [0.3, 0.4) is 0 Å². The van der Waals surface area contributed by atoms with Crippen LogP contribution in [0.2, 0.25) is 0 Å². The molecule has 1 saturated heterocycles. The van der Waals surface area contributed by atoms with E-state index in [4.69, 9.17) is 9.97 Å². The number of nitrogens with zero attached hydrogens (tertiary/aromatic N) is 5. The molecule has 8 nitrogen and oxygen atoms in total. The summed E-state index contributed by atoms with van der Waals surface area (Å²) in [5.41, 5.74) is 6.51. The van der Waals surface area contributed by atoms with E-state index in [1.54, 1.807) is 17.3 Å². The number of phenolic OH excluding ortho intramolecular Hbond substituents is 1. The van der Waals surface area contributed by atoms with E-state index >= 15 is 0 Å². The second-order valence-electron chi connectivity index (χ2n) is 10.0. The molecule has 1 aliphatic heterocycles. The van der Waals surface area contributed by atoms with Crippen molar-refractivity contribution in [2.45, 2.75) is 18.9 Å². The first-order valence-electron chi connectivity index (χ1n) is 12.7. The van der Waals surface area contributed by atoms with Crippen molar-refractivity contribution >= 4 is 22.1 Å². The lowest BCUT2D eigenvalue weighted by Gasteiger charge is -2.15. The van der Waals surface area contributed by atoms with E-state index in [0.717, 1.165) is 17.2 Å². The molecule has 4 aromatic heterocycles. The number of rotatable bonds is 5. The van der Waals surface area contributed by atoms with E-state index in [1.807, 2.05) is 36.4 Å². The highest BCUT2D eigenvalue weighted by atomic mass is 19.3. The molecule has 0 amide bonds. The highest BCUT2D eigenvalue weighted by Crippen LogP contribution is 2.34. The first-order chi connectivity index (χ1) is 19.3. The number of aromatic hydroxyl groups is 1. The molecule has 7 rings (SSSR count). The van der Waals surface area contributed by atoms with Crippen LogP contribution >= 0.6 is 0 Å². The molecule has 1 aliphatic rings. The third kappa shape index (κ3) is 4.43. The molecule has 0 radical (unpaired) electrons. The number of benzene rings is 2. The Balaban J connectivity index is 1.25. The maximum Gasteiger partial charge on any atom is 0.261 e. The fourth-order valence-electron chi connectivity index (χ4n) is 5.25. The maximum atomic E-state index is 14.0. The SMILES string of the molecule is Oc1cc(F)cc(-c2cccc3[nH]c(-c4n[nH]c5ccc(-c6cncc(CN7CCC(F)(F)C7)c6)nc45)nc23)c1. The molecule has 0 spiro atoms. The molecular weight excluding hydrogens is 519 g/mol. The van der Waals surface area contributed by atoms with Gasteiger partial charge in [-0.25, -0.2) is 23.1 Å². The predicted octanol–water partition coefficient (Wildman–Crippen LogP) is 5.92. The highest BCUT2D eigenvalue weighted by molar-refractivity contribution is 5.96. The van der Waals surface area contributed by atoms with Crippen LogP contribution in [0.4, 0.5) is 13.2 Å². The smallest absolute Gasteiger partial charge is 0.261 e. The Kier molecular flexibility index (Phi) is 5.56. The van der Waals surface area contributed by atoms with Gasteiger partial charge in [0.05, 0.1) is 28.8 Å². The number of para-hydroxylation sites is 1. The molecule has 3 N–H and O–H groups in total. The average Bonchev–Trinajstić information content (AvgIpc) is 3.63. The Labute approximate surface area is 225 Å².